The van der Waals surface area contributed by atoms with Crippen molar-refractivity contribution in [3.05, 3.63) is 42.1 Å². The maximum absolute atomic E-state index is 12.0. The van der Waals surface area contributed by atoms with Crippen LogP contribution >= 0.6 is 0 Å². The highest BCUT2D eigenvalue weighted by Crippen LogP contribution is 2.15. The van der Waals surface area contributed by atoms with E-state index in [1.807, 2.05) is 13.0 Å². The number of nitrogens with zero attached hydrogens (tertiary/aromatic N) is 4. The molecule has 7 nitrogen and oxygen atoms in total. The minimum absolute atomic E-state index is 0.276. The molecule has 0 aliphatic carbocycles. The fourth-order valence-corrected chi connectivity index (χ4v) is 2.26. The first-order valence-corrected chi connectivity index (χ1v) is 7.24. The summed E-state index contributed by atoms with van der Waals surface area (Å²) >= 11 is 0. The van der Waals surface area contributed by atoms with Crippen molar-refractivity contribution in [2.45, 2.75) is 6.92 Å². The smallest absolute Gasteiger partial charge is 0.277 e. The Kier molecular flexibility index (Phi) is 4.24. The van der Waals surface area contributed by atoms with E-state index in [0.29, 0.717) is 5.82 Å². The van der Waals surface area contributed by atoms with Crippen LogP contribution in [0.4, 0.5) is 11.5 Å². The van der Waals surface area contributed by atoms with Crippen LogP contribution in [-0.2, 0) is 0 Å². The first kappa shape index (κ1) is 14.4. The van der Waals surface area contributed by atoms with E-state index in [0.717, 1.165) is 37.6 Å². The Morgan fingerprint density at radius 1 is 1.14 bits per heavy atom. The summed E-state index contributed by atoms with van der Waals surface area (Å²) in [6.07, 6.45) is 4.80. The number of anilines is 2. The number of hydrogen-bond acceptors (Lipinski definition) is 6. The van der Waals surface area contributed by atoms with Gasteiger partial charge in [-0.1, -0.05) is 0 Å². The van der Waals surface area contributed by atoms with Crippen molar-refractivity contribution in [3.8, 4) is 0 Å². The molecule has 0 spiro atoms. The lowest BCUT2D eigenvalue weighted by Gasteiger charge is -2.29. The molecule has 3 heterocycles. The van der Waals surface area contributed by atoms with Gasteiger partial charge >= 0.3 is 0 Å². The third-order valence-electron chi connectivity index (χ3n) is 3.49. The van der Waals surface area contributed by atoms with Gasteiger partial charge in [-0.2, -0.15) is 0 Å². The second-order valence-electron chi connectivity index (χ2n) is 5.14. The van der Waals surface area contributed by atoms with Gasteiger partial charge < -0.3 is 15.5 Å². The molecule has 3 rings (SSSR count). The monoisotopic (exact) mass is 298 g/mol. The molecule has 2 aromatic rings. The van der Waals surface area contributed by atoms with Crippen molar-refractivity contribution in [3.63, 3.8) is 0 Å². The SMILES string of the molecule is Cc1cnc(C(=O)Nc2ccc(N3CCNCC3)cn2)cn1. The van der Waals surface area contributed by atoms with Crippen LogP contribution in [0.25, 0.3) is 0 Å². The van der Waals surface area contributed by atoms with E-state index in [1.54, 1.807) is 18.5 Å². The zero-order valence-corrected chi connectivity index (χ0v) is 12.4. The number of aryl methyl sites for hydroxylation is 1. The lowest BCUT2D eigenvalue weighted by atomic mass is 10.3. The van der Waals surface area contributed by atoms with Gasteiger partial charge in [-0.25, -0.2) is 9.97 Å². The van der Waals surface area contributed by atoms with Gasteiger partial charge in [0.2, 0.25) is 0 Å². The van der Waals surface area contributed by atoms with Crippen LogP contribution in [0, 0.1) is 6.92 Å². The summed E-state index contributed by atoms with van der Waals surface area (Å²) in [6.45, 7) is 5.71. The fraction of sp³-hybridized carbons (Fsp3) is 0.333. The highest BCUT2D eigenvalue weighted by atomic mass is 16.1. The Morgan fingerprint density at radius 2 is 1.95 bits per heavy atom. The number of carbonyl (C=O) groups excluding carboxylic acids is 1. The molecule has 2 aromatic heterocycles. The fourth-order valence-electron chi connectivity index (χ4n) is 2.26. The number of hydrogen-bond donors (Lipinski definition) is 2. The molecule has 1 fully saturated rings. The number of carbonyl (C=O) groups is 1. The molecular formula is C15H18N6O. The van der Waals surface area contributed by atoms with Crippen LogP contribution in [-0.4, -0.2) is 47.0 Å². The molecule has 1 amide bonds. The Bertz CT molecular complexity index is 634. The minimum atomic E-state index is -0.310. The van der Waals surface area contributed by atoms with E-state index in [2.05, 4.69) is 30.5 Å². The summed E-state index contributed by atoms with van der Waals surface area (Å²) < 4.78 is 0. The van der Waals surface area contributed by atoms with Crippen molar-refractivity contribution < 1.29 is 4.79 Å². The van der Waals surface area contributed by atoms with Crippen LogP contribution in [0.3, 0.4) is 0 Å². The Morgan fingerprint density at radius 3 is 2.59 bits per heavy atom. The zero-order chi connectivity index (χ0) is 15.4. The van der Waals surface area contributed by atoms with Gasteiger partial charge in [0.15, 0.2) is 0 Å². The van der Waals surface area contributed by atoms with Crippen molar-refractivity contribution in [1.29, 1.82) is 0 Å². The second kappa shape index (κ2) is 6.48. The van der Waals surface area contributed by atoms with Crippen molar-refractivity contribution in [2.75, 3.05) is 36.4 Å². The molecule has 7 heteroatoms. The van der Waals surface area contributed by atoms with E-state index >= 15 is 0 Å². The van der Waals surface area contributed by atoms with E-state index < -0.39 is 0 Å². The lowest BCUT2D eigenvalue weighted by molar-refractivity contribution is 0.102. The van der Waals surface area contributed by atoms with E-state index in [1.165, 1.54) is 6.20 Å². The van der Waals surface area contributed by atoms with Crippen LogP contribution < -0.4 is 15.5 Å². The Hall–Kier alpha value is -2.54. The standard InChI is InChI=1S/C15H18N6O/c1-11-8-18-13(10-17-11)15(22)20-14-3-2-12(9-19-14)21-6-4-16-5-7-21/h2-3,8-10,16H,4-7H2,1H3,(H,19,20,22). The van der Waals surface area contributed by atoms with Gasteiger partial charge in [-0.3, -0.25) is 9.78 Å². The number of nitrogens with one attached hydrogen (secondary N) is 2. The third-order valence-corrected chi connectivity index (χ3v) is 3.49. The molecule has 1 aliphatic heterocycles. The molecule has 0 bridgehead atoms. The highest BCUT2D eigenvalue weighted by molar-refractivity contribution is 6.02. The molecule has 114 valence electrons. The third kappa shape index (κ3) is 3.37. The maximum atomic E-state index is 12.0. The number of amides is 1. The minimum Gasteiger partial charge on any atom is -0.368 e. The van der Waals surface area contributed by atoms with Crippen molar-refractivity contribution in [1.82, 2.24) is 20.3 Å². The topological polar surface area (TPSA) is 83.0 Å². The normalized spacial score (nSPS) is 14.7. The van der Waals surface area contributed by atoms with E-state index in [9.17, 15) is 4.79 Å². The first-order valence-electron chi connectivity index (χ1n) is 7.24. The summed E-state index contributed by atoms with van der Waals surface area (Å²) in [7, 11) is 0. The van der Waals surface area contributed by atoms with Crippen molar-refractivity contribution >= 4 is 17.4 Å². The molecule has 1 aliphatic rings. The number of pyridine rings is 1. The second-order valence-corrected chi connectivity index (χ2v) is 5.14. The molecule has 0 aromatic carbocycles. The quantitative estimate of drug-likeness (QED) is 0.874. The Labute approximate surface area is 128 Å². The molecule has 0 unspecified atom stereocenters. The average molecular weight is 298 g/mol. The number of piperazine rings is 1. The number of rotatable bonds is 3. The van der Waals surface area contributed by atoms with Crippen LogP contribution in [0.5, 0.6) is 0 Å². The Balaban J connectivity index is 1.65. The summed E-state index contributed by atoms with van der Waals surface area (Å²) in [6, 6.07) is 3.77. The van der Waals surface area contributed by atoms with Gasteiger partial charge in [-0.05, 0) is 19.1 Å². The highest BCUT2D eigenvalue weighted by Gasteiger charge is 2.12. The first-order chi connectivity index (χ1) is 10.7. The zero-order valence-electron chi connectivity index (χ0n) is 12.4. The molecule has 1 saturated heterocycles. The van der Waals surface area contributed by atoms with Crippen LogP contribution in [0.2, 0.25) is 0 Å². The predicted octanol–water partition coefficient (Wildman–Crippen LogP) is 0.842. The molecule has 0 saturated carbocycles. The summed E-state index contributed by atoms with van der Waals surface area (Å²) in [5.41, 5.74) is 2.11. The van der Waals surface area contributed by atoms with Crippen LogP contribution in [0.1, 0.15) is 16.2 Å². The van der Waals surface area contributed by atoms with E-state index in [-0.39, 0.29) is 11.6 Å². The molecule has 22 heavy (non-hydrogen) atoms. The largest absolute Gasteiger partial charge is 0.368 e. The van der Waals surface area contributed by atoms with Gasteiger partial charge in [0, 0.05) is 32.4 Å². The van der Waals surface area contributed by atoms with Gasteiger partial charge in [0.25, 0.3) is 5.91 Å². The predicted molar refractivity (Wildman–Crippen MR) is 84.0 cm³/mol. The maximum Gasteiger partial charge on any atom is 0.277 e. The van der Waals surface area contributed by atoms with E-state index in [4.69, 9.17) is 0 Å². The van der Waals surface area contributed by atoms with Gasteiger partial charge in [0.1, 0.15) is 11.5 Å². The molecule has 2 N–H and O–H groups in total. The van der Waals surface area contributed by atoms with Crippen LogP contribution in [0.15, 0.2) is 30.7 Å². The molecule has 0 atom stereocenters. The average Bonchev–Trinajstić information content (AvgIpc) is 2.57. The lowest BCUT2D eigenvalue weighted by Crippen LogP contribution is -2.43. The van der Waals surface area contributed by atoms with Gasteiger partial charge in [0.05, 0.1) is 23.8 Å². The number of aromatic nitrogens is 3. The van der Waals surface area contributed by atoms with Crippen molar-refractivity contribution in [2.24, 2.45) is 0 Å². The summed E-state index contributed by atoms with van der Waals surface area (Å²) in [4.78, 5) is 26.7. The summed E-state index contributed by atoms with van der Waals surface area (Å²) in [5.74, 6) is 0.196. The van der Waals surface area contributed by atoms with Gasteiger partial charge in [-0.15, -0.1) is 0 Å². The molecular weight excluding hydrogens is 280 g/mol. The molecule has 0 radical (unpaired) electrons. The summed E-state index contributed by atoms with van der Waals surface area (Å²) in [5, 5.41) is 6.04.